The highest BCUT2D eigenvalue weighted by molar-refractivity contribution is 7.26. The minimum absolute atomic E-state index is 0.548. The third kappa shape index (κ3) is 3.20. The average molecular weight is 509 g/mol. The second kappa shape index (κ2) is 8.10. The molecule has 0 atom stereocenters. The van der Waals surface area contributed by atoms with Crippen molar-refractivity contribution in [2.24, 2.45) is 0 Å². The first-order valence-corrected chi connectivity index (χ1v) is 13.3. The first-order valence-electron chi connectivity index (χ1n) is 12.5. The summed E-state index contributed by atoms with van der Waals surface area (Å²) in [4.78, 5) is 10.7. The Balaban J connectivity index is 1.23. The molecule has 0 aliphatic heterocycles. The van der Waals surface area contributed by atoms with E-state index in [9.17, 15) is 0 Å². The van der Waals surface area contributed by atoms with Crippen molar-refractivity contribution in [2.75, 3.05) is 0 Å². The van der Waals surface area contributed by atoms with Gasteiger partial charge in [-0.05, 0) is 48.7 Å². The molecule has 8 rings (SSSR count). The molecule has 0 saturated carbocycles. The molecule has 0 amide bonds. The van der Waals surface area contributed by atoms with Gasteiger partial charge in [0.1, 0.15) is 10.6 Å². The molecule has 38 heavy (non-hydrogen) atoms. The van der Waals surface area contributed by atoms with Crippen molar-refractivity contribution in [1.82, 2.24) is 19.6 Å². The predicted octanol–water partition coefficient (Wildman–Crippen LogP) is 8.57. The number of aryl methyl sites for hydroxylation is 1. The monoisotopic (exact) mass is 508 g/mol. The van der Waals surface area contributed by atoms with Crippen LogP contribution >= 0.6 is 11.3 Å². The molecule has 5 aromatic heterocycles. The largest absolute Gasteiger partial charge is 0.439 e. The lowest BCUT2D eigenvalue weighted by molar-refractivity contribution is 0.464. The average Bonchev–Trinajstić information content (AvgIpc) is 3.58. The zero-order valence-corrected chi connectivity index (χ0v) is 21.2. The molecule has 8 aromatic rings. The van der Waals surface area contributed by atoms with Crippen LogP contribution in [-0.2, 0) is 0 Å². The Morgan fingerprint density at radius 1 is 0.684 bits per heavy atom. The van der Waals surface area contributed by atoms with Gasteiger partial charge in [-0.1, -0.05) is 48.5 Å². The van der Waals surface area contributed by atoms with Crippen molar-refractivity contribution in [3.63, 3.8) is 0 Å². The number of hydrogen-bond acceptors (Lipinski definition) is 5. The van der Waals surface area contributed by atoms with E-state index in [0.29, 0.717) is 11.6 Å². The highest BCUT2D eigenvalue weighted by Crippen LogP contribution is 2.39. The standard InChI is InChI=1S/C32H20N4OS/c1-19-12-14-25-24-8-4-9-26(31(24)38-32(25)34-19)27-10-5-11-30(35-27)37-20-13-15-23-21-6-2-3-7-22(21)28-16-17-33-36(28)29(23)18-20/h2-18H,1H3. The normalized spacial score (nSPS) is 11.8. The quantitative estimate of drug-likeness (QED) is 0.224. The molecular formula is C32H20N4OS. The van der Waals surface area contributed by atoms with Crippen molar-refractivity contribution in [3.05, 3.63) is 109 Å². The number of pyridine rings is 3. The van der Waals surface area contributed by atoms with Crippen molar-refractivity contribution < 1.29 is 4.74 Å². The molecule has 0 N–H and O–H groups in total. The van der Waals surface area contributed by atoms with Crippen LogP contribution in [0.2, 0.25) is 0 Å². The van der Waals surface area contributed by atoms with Crippen LogP contribution in [0.15, 0.2) is 103 Å². The summed E-state index contributed by atoms with van der Waals surface area (Å²) in [5.74, 6) is 1.26. The van der Waals surface area contributed by atoms with Crippen LogP contribution in [-0.4, -0.2) is 19.6 Å². The molecule has 0 aliphatic rings. The number of nitrogens with zero attached hydrogens (tertiary/aromatic N) is 4. The Labute approximate surface area is 221 Å². The van der Waals surface area contributed by atoms with Crippen LogP contribution in [0.1, 0.15) is 5.69 Å². The highest BCUT2D eigenvalue weighted by atomic mass is 32.1. The van der Waals surface area contributed by atoms with Crippen molar-refractivity contribution in [2.45, 2.75) is 6.92 Å². The first kappa shape index (κ1) is 21.3. The lowest BCUT2D eigenvalue weighted by Crippen LogP contribution is -1.94. The van der Waals surface area contributed by atoms with E-state index < -0.39 is 0 Å². The summed E-state index contributed by atoms with van der Waals surface area (Å²) in [7, 11) is 0. The van der Waals surface area contributed by atoms with Crippen LogP contribution in [0.5, 0.6) is 11.6 Å². The topological polar surface area (TPSA) is 52.3 Å². The lowest BCUT2D eigenvalue weighted by Gasteiger charge is -2.11. The molecule has 0 spiro atoms. The Bertz CT molecular complexity index is 2190. The fraction of sp³-hybridized carbons (Fsp3) is 0.0312. The van der Waals surface area contributed by atoms with Crippen molar-refractivity contribution >= 4 is 58.8 Å². The molecule has 5 heterocycles. The molecule has 3 aromatic carbocycles. The van der Waals surface area contributed by atoms with Gasteiger partial charge in [-0.2, -0.15) is 5.10 Å². The van der Waals surface area contributed by atoms with Gasteiger partial charge in [0, 0.05) is 49.6 Å². The number of ether oxygens (including phenoxy) is 1. The molecule has 0 saturated heterocycles. The van der Waals surface area contributed by atoms with E-state index in [0.717, 1.165) is 38.2 Å². The van der Waals surface area contributed by atoms with E-state index in [1.807, 2.05) is 54.0 Å². The van der Waals surface area contributed by atoms with Gasteiger partial charge < -0.3 is 4.74 Å². The van der Waals surface area contributed by atoms with Gasteiger partial charge in [-0.3, -0.25) is 0 Å². The summed E-state index contributed by atoms with van der Waals surface area (Å²) >= 11 is 1.71. The van der Waals surface area contributed by atoms with Gasteiger partial charge >= 0.3 is 0 Å². The second-order valence-corrected chi connectivity index (χ2v) is 10.4. The number of aromatic nitrogens is 4. The molecule has 0 fully saturated rings. The molecule has 180 valence electrons. The molecule has 0 radical (unpaired) electrons. The minimum atomic E-state index is 0.548. The third-order valence-corrected chi connectivity index (χ3v) is 8.21. The molecule has 6 heteroatoms. The first-order chi connectivity index (χ1) is 18.7. The Morgan fingerprint density at radius 3 is 2.45 bits per heavy atom. The number of thiophene rings is 1. The maximum absolute atomic E-state index is 6.31. The van der Waals surface area contributed by atoms with Crippen LogP contribution < -0.4 is 4.74 Å². The van der Waals surface area contributed by atoms with Gasteiger partial charge in [0.15, 0.2) is 0 Å². The molecule has 0 aliphatic carbocycles. The van der Waals surface area contributed by atoms with E-state index in [-0.39, 0.29) is 0 Å². The zero-order chi connectivity index (χ0) is 25.2. The molecule has 0 bridgehead atoms. The lowest BCUT2D eigenvalue weighted by atomic mass is 10.0. The van der Waals surface area contributed by atoms with Crippen LogP contribution in [0.25, 0.3) is 58.8 Å². The van der Waals surface area contributed by atoms with Crippen molar-refractivity contribution in [1.29, 1.82) is 0 Å². The fourth-order valence-corrected chi connectivity index (χ4v) is 6.58. The maximum atomic E-state index is 6.31. The zero-order valence-electron chi connectivity index (χ0n) is 20.4. The van der Waals surface area contributed by atoms with Crippen LogP contribution in [0, 0.1) is 6.92 Å². The van der Waals surface area contributed by atoms with Crippen molar-refractivity contribution in [3.8, 4) is 22.9 Å². The van der Waals surface area contributed by atoms with Gasteiger partial charge in [0.2, 0.25) is 5.88 Å². The van der Waals surface area contributed by atoms with E-state index in [2.05, 4.69) is 65.8 Å². The number of hydrogen-bond donors (Lipinski definition) is 0. The predicted molar refractivity (Wildman–Crippen MR) is 155 cm³/mol. The van der Waals surface area contributed by atoms with Gasteiger partial charge in [-0.15, -0.1) is 11.3 Å². The summed E-state index contributed by atoms with van der Waals surface area (Å²) in [5, 5.41) is 10.5. The van der Waals surface area contributed by atoms with Gasteiger partial charge in [-0.25, -0.2) is 14.5 Å². The second-order valence-electron chi connectivity index (χ2n) is 9.41. The number of rotatable bonds is 3. The Hall–Kier alpha value is -4.81. The summed E-state index contributed by atoms with van der Waals surface area (Å²) in [6, 6.07) is 33.1. The van der Waals surface area contributed by atoms with E-state index in [1.165, 1.54) is 26.2 Å². The highest BCUT2D eigenvalue weighted by Gasteiger charge is 2.14. The number of fused-ring (bicyclic) bond motifs is 9. The summed E-state index contributed by atoms with van der Waals surface area (Å²) in [6.07, 6.45) is 1.84. The minimum Gasteiger partial charge on any atom is -0.439 e. The van der Waals surface area contributed by atoms with Gasteiger partial charge in [0.05, 0.1) is 22.9 Å². The molecular weight excluding hydrogens is 488 g/mol. The smallest absolute Gasteiger partial charge is 0.219 e. The van der Waals surface area contributed by atoms with Crippen LogP contribution in [0.4, 0.5) is 0 Å². The summed E-state index contributed by atoms with van der Waals surface area (Å²) in [5.41, 5.74) is 5.05. The third-order valence-electron chi connectivity index (χ3n) is 7.06. The fourth-order valence-electron chi connectivity index (χ4n) is 5.33. The number of benzene rings is 3. The Kier molecular flexibility index (Phi) is 4.54. The molecule has 0 unspecified atom stereocenters. The SMILES string of the molecule is Cc1ccc2c(n1)sc1c(-c3cccc(Oc4ccc5c6ccccc6c6ccnn6c5c4)n3)cccc12. The maximum Gasteiger partial charge on any atom is 0.219 e. The van der Waals surface area contributed by atoms with E-state index in [1.54, 1.807) is 11.3 Å². The van der Waals surface area contributed by atoms with E-state index in [4.69, 9.17) is 14.7 Å². The van der Waals surface area contributed by atoms with E-state index >= 15 is 0 Å². The van der Waals surface area contributed by atoms with Gasteiger partial charge in [0.25, 0.3) is 0 Å². The summed E-state index contributed by atoms with van der Waals surface area (Å²) < 4.78 is 9.47. The summed E-state index contributed by atoms with van der Waals surface area (Å²) in [6.45, 7) is 2.03. The van der Waals surface area contributed by atoms with Crippen LogP contribution in [0.3, 0.4) is 0 Å². The Morgan fingerprint density at radius 2 is 1.50 bits per heavy atom. The molecule has 5 nitrogen and oxygen atoms in total.